The van der Waals surface area contributed by atoms with E-state index in [1.165, 1.54) is 32.1 Å². The van der Waals surface area contributed by atoms with Gasteiger partial charge in [-0.05, 0) is 69.8 Å². The first kappa shape index (κ1) is 16.6. The van der Waals surface area contributed by atoms with Crippen molar-refractivity contribution in [2.45, 2.75) is 57.5 Å². The Morgan fingerprint density at radius 1 is 1.29 bits per heavy atom. The lowest BCUT2D eigenvalue weighted by molar-refractivity contribution is 0.145. The van der Waals surface area contributed by atoms with Crippen LogP contribution in [0.4, 0.5) is 0 Å². The van der Waals surface area contributed by atoms with Crippen LogP contribution >= 0.6 is 0 Å². The minimum absolute atomic E-state index is 0.325. The third-order valence-electron chi connectivity index (χ3n) is 4.59. The largest absolute Gasteiger partial charge is 0.494 e. The summed E-state index contributed by atoms with van der Waals surface area (Å²) < 4.78 is 5.99. The summed E-state index contributed by atoms with van der Waals surface area (Å²) in [6.07, 6.45) is 13.4. The second-order valence-corrected chi connectivity index (χ2v) is 6.79. The smallest absolute Gasteiger partial charge is 0.115 e. The lowest BCUT2D eigenvalue weighted by atomic mass is 9.90. The van der Waals surface area contributed by atoms with E-state index < -0.39 is 0 Å². The van der Waals surface area contributed by atoms with Crippen LogP contribution in [-0.4, -0.2) is 43.4 Å². The lowest BCUT2D eigenvalue weighted by Gasteiger charge is -2.24. The van der Waals surface area contributed by atoms with E-state index in [1.54, 1.807) is 0 Å². The molecule has 1 saturated carbocycles. The van der Waals surface area contributed by atoms with Gasteiger partial charge in [0.25, 0.3) is 0 Å². The molecule has 21 heavy (non-hydrogen) atoms. The van der Waals surface area contributed by atoms with Crippen LogP contribution in [0.3, 0.4) is 0 Å². The molecule has 1 atom stereocenters. The fourth-order valence-electron chi connectivity index (χ4n) is 3.19. The van der Waals surface area contributed by atoms with Gasteiger partial charge in [0.2, 0.25) is 0 Å². The molecule has 0 aromatic rings. The van der Waals surface area contributed by atoms with Crippen molar-refractivity contribution in [2.75, 3.05) is 27.2 Å². The van der Waals surface area contributed by atoms with Crippen molar-refractivity contribution >= 4 is 0 Å². The van der Waals surface area contributed by atoms with E-state index in [2.05, 4.69) is 17.1 Å². The third-order valence-corrected chi connectivity index (χ3v) is 4.59. The highest BCUT2D eigenvalue weighted by Gasteiger charge is 2.17. The molecule has 2 aliphatic carbocycles. The van der Waals surface area contributed by atoms with Crippen LogP contribution in [0.15, 0.2) is 23.5 Å². The standard InChI is InChI=1S/C18H31NO2/c1-19(2)12-11-18(20)16-9-6-10-17(13-16)21-14-15-7-4-3-5-8-15/h10,13,15,18,20H,3-9,11-12,14H2,1-2H3. The minimum atomic E-state index is -0.325. The van der Waals surface area contributed by atoms with Gasteiger partial charge in [0, 0.05) is 6.54 Å². The molecule has 1 unspecified atom stereocenters. The van der Waals surface area contributed by atoms with Crippen molar-refractivity contribution in [1.29, 1.82) is 0 Å². The van der Waals surface area contributed by atoms with Crippen LogP contribution in [0.2, 0.25) is 0 Å². The lowest BCUT2D eigenvalue weighted by Crippen LogP contribution is -2.21. The Kier molecular flexibility index (Phi) is 6.78. The first-order chi connectivity index (χ1) is 10.1. The van der Waals surface area contributed by atoms with Crippen LogP contribution in [0.25, 0.3) is 0 Å². The monoisotopic (exact) mass is 293 g/mol. The van der Waals surface area contributed by atoms with E-state index in [0.717, 1.165) is 49.7 Å². The van der Waals surface area contributed by atoms with Crippen molar-refractivity contribution in [2.24, 2.45) is 5.92 Å². The fraction of sp³-hybridized carbons (Fsp3) is 0.778. The summed E-state index contributed by atoms with van der Waals surface area (Å²) in [5, 5.41) is 10.3. The summed E-state index contributed by atoms with van der Waals surface area (Å²) in [6, 6.07) is 0. The van der Waals surface area contributed by atoms with Crippen LogP contribution in [0.5, 0.6) is 0 Å². The molecular weight excluding hydrogens is 262 g/mol. The molecule has 3 nitrogen and oxygen atoms in total. The molecule has 120 valence electrons. The maximum Gasteiger partial charge on any atom is 0.115 e. The number of ether oxygens (including phenoxy) is 1. The van der Waals surface area contributed by atoms with E-state index in [4.69, 9.17) is 4.74 Å². The molecule has 0 aromatic heterocycles. The number of hydrogen-bond acceptors (Lipinski definition) is 3. The average Bonchev–Trinajstić information content (AvgIpc) is 2.52. The molecule has 0 saturated heterocycles. The molecule has 0 aromatic carbocycles. The number of aliphatic hydroxyl groups excluding tert-OH is 1. The first-order valence-electron chi connectivity index (χ1n) is 8.51. The van der Waals surface area contributed by atoms with Crippen molar-refractivity contribution < 1.29 is 9.84 Å². The van der Waals surface area contributed by atoms with E-state index in [-0.39, 0.29) is 6.10 Å². The molecule has 0 bridgehead atoms. The van der Waals surface area contributed by atoms with Crippen molar-refractivity contribution in [3.05, 3.63) is 23.5 Å². The van der Waals surface area contributed by atoms with Gasteiger partial charge >= 0.3 is 0 Å². The molecule has 0 amide bonds. The highest BCUT2D eigenvalue weighted by molar-refractivity contribution is 5.26. The number of rotatable bonds is 7. The second-order valence-electron chi connectivity index (χ2n) is 6.79. The quantitative estimate of drug-likeness (QED) is 0.780. The van der Waals surface area contributed by atoms with Gasteiger partial charge in [0.1, 0.15) is 5.76 Å². The number of hydrogen-bond donors (Lipinski definition) is 1. The highest BCUT2D eigenvalue weighted by atomic mass is 16.5. The SMILES string of the molecule is CN(C)CCC(O)C1=CC(OCC2CCCCC2)=CCC1. The molecular formula is C18H31NO2. The predicted molar refractivity (Wildman–Crippen MR) is 87.1 cm³/mol. The Hall–Kier alpha value is -0.800. The summed E-state index contributed by atoms with van der Waals surface area (Å²) in [7, 11) is 4.08. The Morgan fingerprint density at radius 2 is 2.05 bits per heavy atom. The maximum atomic E-state index is 10.3. The fourth-order valence-corrected chi connectivity index (χ4v) is 3.19. The van der Waals surface area contributed by atoms with Crippen molar-refractivity contribution in [3.63, 3.8) is 0 Å². The topological polar surface area (TPSA) is 32.7 Å². The second kappa shape index (κ2) is 8.60. The zero-order valence-electron chi connectivity index (χ0n) is 13.7. The van der Waals surface area contributed by atoms with Gasteiger partial charge in [-0.1, -0.05) is 19.3 Å². The van der Waals surface area contributed by atoms with Crippen molar-refractivity contribution in [3.8, 4) is 0 Å². The van der Waals surface area contributed by atoms with Crippen LogP contribution in [-0.2, 0) is 4.74 Å². The Labute approximate surface area is 129 Å². The normalized spacial score (nSPS) is 21.9. The number of aliphatic hydroxyl groups is 1. The molecule has 0 spiro atoms. The van der Waals surface area contributed by atoms with Crippen molar-refractivity contribution in [1.82, 2.24) is 4.90 Å². The Bertz CT molecular complexity index is 367. The van der Waals surface area contributed by atoms with Gasteiger partial charge in [-0.25, -0.2) is 0 Å². The van der Waals surface area contributed by atoms with E-state index in [9.17, 15) is 5.11 Å². The molecule has 0 radical (unpaired) electrons. The summed E-state index contributed by atoms with van der Waals surface area (Å²) >= 11 is 0. The van der Waals surface area contributed by atoms with Gasteiger partial charge in [0.05, 0.1) is 12.7 Å². The van der Waals surface area contributed by atoms with E-state index in [1.807, 2.05) is 14.1 Å². The first-order valence-corrected chi connectivity index (χ1v) is 8.51. The molecule has 0 heterocycles. The molecule has 1 fully saturated rings. The van der Waals surface area contributed by atoms with Gasteiger partial charge in [0.15, 0.2) is 0 Å². The van der Waals surface area contributed by atoms with Gasteiger partial charge in [-0.15, -0.1) is 0 Å². The van der Waals surface area contributed by atoms with Crippen LogP contribution in [0.1, 0.15) is 51.4 Å². The maximum absolute atomic E-state index is 10.3. The molecule has 1 N–H and O–H groups in total. The third kappa shape index (κ3) is 5.84. The van der Waals surface area contributed by atoms with Gasteiger partial charge in [-0.2, -0.15) is 0 Å². The Balaban J connectivity index is 1.78. The predicted octanol–water partition coefficient (Wildman–Crippen LogP) is 3.50. The molecule has 0 aliphatic heterocycles. The number of nitrogens with zero attached hydrogens (tertiary/aromatic N) is 1. The summed E-state index contributed by atoms with van der Waals surface area (Å²) in [6.45, 7) is 1.77. The van der Waals surface area contributed by atoms with Crippen LogP contribution in [0, 0.1) is 5.92 Å². The van der Waals surface area contributed by atoms with E-state index >= 15 is 0 Å². The summed E-state index contributed by atoms with van der Waals surface area (Å²) in [4.78, 5) is 2.11. The Morgan fingerprint density at radius 3 is 2.76 bits per heavy atom. The highest BCUT2D eigenvalue weighted by Crippen LogP contribution is 2.27. The minimum Gasteiger partial charge on any atom is -0.494 e. The number of allylic oxidation sites excluding steroid dienone is 2. The van der Waals surface area contributed by atoms with Crippen LogP contribution < -0.4 is 0 Å². The molecule has 3 heteroatoms. The zero-order chi connectivity index (χ0) is 15.1. The van der Waals surface area contributed by atoms with E-state index in [0.29, 0.717) is 0 Å². The zero-order valence-corrected chi connectivity index (χ0v) is 13.7. The van der Waals surface area contributed by atoms with Gasteiger partial charge in [-0.3, -0.25) is 0 Å². The summed E-state index contributed by atoms with van der Waals surface area (Å²) in [5.41, 5.74) is 1.14. The molecule has 2 rings (SSSR count). The van der Waals surface area contributed by atoms with Gasteiger partial charge < -0.3 is 14.7 Å². The summed E-state index contributed by atoms with van der Waals surface area (Å²) in [5.74, 6) is 1.71. The average molecular weight is 293 g/mol. The molecule has 2 aliphatic rings.